The molecule has 152 valence electrons. The zero-order chi connectivity index (χ0) is 20.8. The number of rotatable bonds is 8. The second-order valence-corrected chi connectivity index (χ2v) is 6.29. The van der Waals surface area contributed by atoms with Crippen LogP contribution in [0, 0.1) is 5.41 Å². The quantitative estimate of drug-likeness (QED) is 0.609. The standard InChI is InChI=1S/C22H24N2O5/c1-4-28-18-7-5-6-15-13-16(21(23)29-20(15)18)22(25)24-11-10-14-8-9-17(26-2)19(12-14)27-3/h5-9,12-13,23H,4,10-11H2,1-3H3,(H,24,25). The van der Waals surface area contributed by atoms with Crippen molar-refractivity contribution in [3.8, 4) is 17.2 Å². The monoisotopic (exact) mass is 396 g/mol. The van der Waals surface area contributed by atoms with Crippen LogP contribution in [-0.4, -0.2) is 33.3 Å². The molecule has 0 fully saturated rings. The van der Waals surface area contributed by atoms with Crippen LogP contribution in [0.5, 0.6) is 17.2 Å². The second kappa shape index (κ2) is 9.14. The van der Waals surface area contributed by atoms with E-state index in [0.717, 1.165) is 5.56 Å². The number of methoxy groups -OCH3 is 2. The van der Waals surface area contributed by atoms with Crippen LogP contribution in [0.4, 0.5) is 0 Å². The Labute approximate surface area is 168 Å². The molecule has 2 N–H and O–H groups in total. The molecule has 0 saturated heterocycles. The van der Waals surface area contributed by atoms with E-state index < -0.39 is 0 Å². The molecule has 2 aromatic carbocycles. The molecule has 0 atom stereocenters. The van der Waals surface area contributed by atoms with Crippen molar-refractivity contribution in [3.63, 3.8) is 0 Å². The Balaban J connectivity index is 1.72. The minimum Gasteiger partial charge on any atom is -0.493 e. The van der Waals surface area contributed by atoms with Gasteiger partial charge in [0.15, 0.2) is 22.8 Å². The van der Waals surface area contributed by atoms with Gasteiger partial charge in [-0.1, -0.05) is 18.2 Å². The molecule has 1 heterocycles. The Morgan fingerprint density at radius 2 is 1.86 bits per heavy atom. The first-order valence-electron chi connectivity index (χ1n) is 9.30. The molecule has 29 heavy (non-hydrogen) atoms. The molecule has 3 aromatic rings. The Morgan fingerprint density at radius 3 is 2.59 bits per heavy atom. The molecule has 7 heteroatoms. The molecule has 1 amide bonds. The maximum absolute atomic E-state index is 12.6. The van der Waals surface area contributed by atoms with Gasteiger partial charge in [0.1, 0.15) is 5.56 Å². The minimum absolute atomic E-state index is 0.179. The van der Waals surface area contributed by atoms with E-state index in [-0.39, 0.29) is 17.0 Å². The lowest BCUT2D eigenvalue weighted by Crippen LogP contribution is -2.30. The molecule has 3 rings (SSSR count). The van der Waals surface area contributed by atoms with Gasteiger partial charge in [0.25, 0.3) is 5.91 Å². The van der Waals surface area contributed by atoms with Crippen LogP contribution in [0.25, 0.3) is 11.0 Å². The largest absolute Gasteiger partial charge is 0.493 e. The summed E-state index contributed by atoms with van der Waals surface area (Å²) in [6.45, 7) is 2.77. The number of ether oxygens (including phenoxy) is 3. The summed E-state index contributed by atoms with van der Waals surface area (Å²) >= 11 is 0. The summed E-state index contributed by atoms with van der Waals surface area (Å²) in [4.78, 5) is 12.6. The third-order valence-corrected chi connectivity index (χ3v) is 4.45. The third-order valence-electron chi connectivity index (χ3n) is 4.45. The molecular formula is C22H24N2O5. The average Bonchev–Trinajstić information content (AvgIpc) is 2.73. The highest BCUT2D eigenvalue weighted by molar-refractivity contribution is 5.97. The van der Waals surface area contributed by atoms with Crippen molar-refractivity contribution in [1.82, 2.24) is 5.32 Å². The summed E-state index contributed by atoms with van der Waals surface area (Å²) in [5.41, 5.74) is 1.44. The molecule has 0 bridgehead atoms. The number of benzene rings is 2. The fourth-order valence-corrected chi connectivity index (χ4v) is 3.02. The highest BCUT2D eigenvalue weighted by Crippen LogP contribution is 2.27. The lowest BCUT2D eigenvalue weighted by Gasteiger charge is -2.11. The van der Waals surface area contributed by atoms with E-state index in [0.29, 0.717) is 47.8 Å². The van der Waals surface area contributed by atoms with Gasteiger partial charge in [-0.3, -0.25) is 10.2 Å². The van der Waals surface area contributed by atoms with Gasteiger partial charge >= 0.3 is 0 Å². The average molecular weight is 396 g/mol. The number of carbonyl (C=O) groups excluding carboxylic acids is 1. The Morgan fingerprint density at radius 1 is 1.07 bits per heavy atom. The molecule has 0 aliphatic rings. The molecular weight excluding hydrogens is 372 g/mol. The van der Waals surface area contributed by atoms with Crippen molar-refractivity contribution < 1.29 is 23.4 Å². The number of carbonyl (C=O) groups is 1. The molecule has 0 aliphatic heterocycles. The number of hydrogen-bond donors (Lipinski definition) is 2. The van der Waals surface area contributed by atoms with Crippen LogP contribution in [0.1, 0.15) is 22.8 Å². The Bertz CT molecular complexity index is 1070. The van der Waals surface area contributed by atoms with E-state index in [1.54, 1.807) is 26.4 Å². The van der Waals surface area contributed by atoms with E-state index in [1.165, 1.54) is 0 Å². The molecule has 7 nitrogen and oxygen atoms in total. The van der Waals surface area contributed by atoms with Gasteiger partial charge in [0, 0.05) is 11.9 Å². The van der Waals surface area contributed by atoms with E-state index in [4.69, 9.17) is 24.0 Å². The van der Waals surface area contributed by atoms with Crippen LogP contribution < -0.4 is 25.1 Å². The predicted molar refractivity (Wildman–Crippen MR) is 109 cm³/mol. The third kappa shape index (κ3) is 4.51. The lowest BCUT2D eigenvalue weighted by molar-refractivity contribution is 0.0949. The summed E-state index contributed by atoms with van der Waals surface area (Å²) in [6.07, 6.45) is 0.610. The zero-order valence-corrected chi connectivity index (χ0v) is 16.7. The molecule has 1 aromatic heterocycles. The minimum atomic E-state index is -0.358. The molecule has 0 spiro atoms. The molecule has 0 saturated carbocycles. The summed E-state index contributed by atoms with van der Waals surface area (Å²) in [6, 6.07) is 12.7. The van der Waals surface area contributed by atoms with Crippen LogP contribution in [-0.2, 0) is 6.42 Å². The van der Waals surface area contributed by atoms with E-state index in [9.17, 15) is 4.79 Å². The molecule has 0 unspecified atom stereocenters. The number of hydrogen-bond acceptors (Lipinski definition) is 6. The Kier molecular flexibility index (Phi) is 6.39. The van der Waals surface area contributed by atoms with Crippen LogP contribution in [0.3, 0.4) is 0 Å². The van der Waals surface area contributed by atoms with E-state index in [1.807, 2.05) is 37.3 Å². The van der Waals surface area contributed by atoms with Gasteiger partial charge in [-0.25, -0.2) is 0 Å². The number of para-hydroxylation sites is 1. The van der Waals surface area contributed by atoms with Gasteiger partial charge < -0.3 is 23.9 Å². The van der Waals surface area contributed by atoms with Crippen molar-refractivity contribution in [2.24, 2.45) is 0 Å². The fourth-order valence-electron chi connectivity index (χ4n) is 3.02. The van der Waals surface area contributed by atoms with Crippen LogP contribution in [0.2, 0.25) is 0 Å². The van der Waals surface area contributed by atoms with Crippen molar-refractivity contribution in [3.05, 3.63) is 59.1 Å². The normalized spacial score (nSPS) is 10.6. The van der Waals surface area contributed by atoms with Crippen molar-refractivity contribution in [2.75, 3.05) is 27.4 Å². The second-order valence-electron chi connectivity index (χ2n) is 6.29. The van der Waals surface area contributed by atoms with Gasteiger partial charge in [0.05, 0.1) is 20.8 Å². The SMILES string of the molecule is CCOc1cccc2cc(C(=O)NCCc3ccc(OC)c(OC)c3)c(=N)oc12. The zero-order valence-electron chi connectivity index (χ0n) is 16.7. The highest BCUT2D eigenvalue weighted by atomic mass is 16.5. The topological polar surface area (TPSA) is 93.8 Å². The van der Waals surface area contributed by atoms with Gasteiger partial charge in [-0.15, -0.1) is 0 Å². The number of fused-ring (bicyclic) bond motifs is 1. The summed E-state index contributed by atoms with van der Waals surface area (Å²) in [7, 11) is 3.17. The lowest BCUT2D eigenvalue weighted by atomic mass is 10.1. The first-order chi connectivity index (χ1) is 14.1. The Hall–Kier alpha value is -3.48. The van der Waals surface area contributed by atoms with Gasteiger partial charge in [-0.2, -0.15) is 0 Å². The first kappa shape index (κ1) is 20.3. The predicted octanol–water partition coefficient (Wildman–Crippen LogP) is 3.30. The van der Waals surface area contributed by atoms with Crippen LogP contribution >= 0.6 is 0 Å². The van der Waals surface area contributed by atoms with Crippen molar-refractivity contribution >= 4 is 16.9 Å². The number of nitrogens with one attached hydrogen (secondary N) is 2. The first-order valence-corrected chi connectivity index (χ1v) is 9.30. The smallest absolute Gasteiger partial charge is 0.256 e. The summed E-state index contributed by atoms with van der Waals surface area (Å²) in [5, 5.41) is 11.6. The van der Waals surface area contributed by atoms with Crippen molar-refractivity contribution in [2.45, 2.75) is 13.3 Å². The van der Waals surface area contributed by atoms with E-state index >= 15 is 0 Å². The molecule has 0 aliphatic carbocycles. The fraction of sp³-hybridized carbons (Fsp3) is 0.273. The van der Waals surface area contributed by atoms with E-state index in [2.05, 4.69) is 5.32 Å². The maximum Gasteiger partial charge on any atom is 0.256 e. The highest BCUT2D eigenvalue weighted by Gasteiger charge is 2.14. The maximum atomic E-state index is 12.6. The van der Waals surface area contributed by atoms with Gasteiger partial charge in [-0.05, 0) is 43.2 Å². The molecule has 0 radical (unpaired) electrons. The van der Waals surface area contributed by atoms with Gasteiger partial charge in [0.2, 0.25) is 5.55 Å². The van der Waals surface area contributed by atoms with Crippen LogP contribution in [0.15, 0.2) is 46.9 Å². The summed E-state index contributed by atoms with van der Waals surface area (Å²) < 4.78 is 21.6. The summed E-state index contributed by atoms with van der Waals surface area (Å²) in [5.74, 6) is 1.49. The van der Waals surface area contributed by atoms with Crippen molar-refractivity contribution in [1.29, 1.82) is 5.41 Å². The number of amides is 1.